The van der Waals surface area contributed by atoms with E-state index in [0.717, 1.165) is 5.57 Å². The minimum Gasteiger partial charge on any atom is -0.483 e. The van der Waals surface area contributed by atoms with Gasteiger partial charge in [0.15, 0.2) is 12.2 Å². The topological polar surface area (TPSA) is 92.0 Å². The molecule has 3 rings (SSSR count). The molecule has 0 saturated carbocycles. The normalized spacial score (nSPS) is 19.4. The van der Waals surface area contributed by atoms with E-state index in [9.17, 15) is 14.4 Å². The fourth-order valence-electron chi connectivity index (χ4n) is 3.36. The highest BCUT2D eigenvalue weighted by atomic mass is 32.2. The highest BCUT2D eigenvalue weighted by molar-refractivity contribution is 8.01. The van der Waals surface area contributed by atoms with Gasteiger partial charge in [-0.25, -0.2) is 14.4 Å². The van der Waals surface area contributed by atoms with Crippen LogP contribution in [0.15, 0.2) is 56.6 Å². The lowest BCUT2D eigenvalue weighted by Gasteiger charge is -2.43. The first-order valence-corrected chi connectivity index (χ1v) is 10.9. The average molecular weight is 445 g/mol. The predicted molar refractivity (Wildman–Crippen MR) is 118 cm³/mol. The molecular formula is C23H24O7S. The molecule has 0 saturated heterocycles. The molecule has 164 valence electrons. The number of allylic oxidation sites excluding steroid dienone is 1. The standard InChI is InChI=1S/C23H24O7S/c1-13(2)12-18(26)28-21-19-15(8-6-14-7-9-16(24)27-20(14)19)30-23(3,4)22(21)29-17(25)10-11-31-5/h6-12,21-22H,1-5H3. The van der Waals surface area contributed by atoms with E-state index in [0.29, 0.717) is 16.7 Å². The van der Waals surface area contributed by atoms with Crippen molar-refractivity contribution in [2.24, 2.45) is 0 Å². The van der Waals surface area contributed by atoms with Gasteiger partial charge in [-0.15, -0.1) is 11.8 Å². The van der Waals surface area contributed by atoms with E-state index in [1.807, 2.05) is 6.26 Å². The minimum atomic E-state index is -1.05. The van der Waals surface area contributed by atoms with Gasteiger partial charge in [0.2, 0.25) is 0 Å². The molecule has 0 N–H and O–H groups in total. The molecule has 2 heterocycles. The third-order valence-electron chi connectivity index (χ3n) is 4.64. The van der Waals surface area contributed by atoms with Crippen LogP contribution in [0, 0.1) is 0 Å². The number of hydrogen-bond donors (Lipinski definition) is 0. The van der Waals surface area contributed by atoms with Gasteiger partial charge in [0, 0.05) is 23.6 Å². The zero-order valence-corrected chi connectivity index (χ0v) is 18.8. The molecule has 8 heteroatoms. The number of carbonyl (C=O) groups excluding carboxylic acids is 2. The summed E-state index contributed by atoms with van der Waals surface area (Å²) in [6, 6.07) is 6.37. The Hall–Kier alpha value is -3.00. The Morgan fingerprint density at radius 3 is 2.48 bits per heavy atom. The van der Waals surface area contributed by atoms with Gasteiger partial charge in [-0.05, 0) is 57.6 Å². The first kappa shape index (κ1) is 22.7. The van der Waals surface area contributed by atoms with Crippen molar-refractivity contribution in [2.75, 3.05) is 6.26 Å². The van der Waals surface area contributed by atoms with Crippen LogP contribution in [0.5, 0.6) is 5.75 Å². The van der Waals surface area contributed by atoms with Gasteiger partial charge in [-0.1, -0.05) is 5.57 Å². The number of esters is 2. The number of hydrogen-bond acceptors (Lipinski definition) is 8. The largest absolute Gasteiger partial charge is 0.483 e. The highest BCUT2D eigenvalue weighted by Gasteiger charge is 2.49. The van der Waals surface area contributed by atoms with E-state index < -0.39 is 35.4 Å². The van der Waals surface area contributed by atoms with E-state index in [2.05, 4.69) is 0 Å². The van der Waals surface area contributed by atoms with Crippen molar-refractivity contribution < 1.29 is 28.2 Å². The summed E-state index contributed by atoms with van der Waals surface area (Å²) in [4.78, 5) is 36.9. The van der Waals surface area contributed by atoms with E-state index in [-0.39, 0.29) is 5.58 Å². The van der Waals surface area contributed by atoms with Gasteiger partial charge >= 0.3 is 17.6 Å². The van der Waals surface area contributed by atoms with Crippen LogP contribution in [0.3, 0.4) is 0 Å². The lowest BCUT2D eigenvalue weighted by molar-refractivity contribution is -0.184. The summed E-state index contributed by atoms with van der Waals surface area (Å²) < 4.78 is 23.0. The molecule has 0 aliphatic carbocycles. The molecule has 2 unspecified atom stereocenters. The molecule has 2 aromatic rings. The third kappa shape index (κ3) is 5.02. The monoisotopic (exact) mass is 444 g/mol. The van der Waals surface area contributed by atoms with Crippen molar-refractivity contribution in [2.45, 2.75) is 45.5 Å². The van der Waals surface area contributed by atoms with Crippen molar-refractivity contribution in [3.8, 4) is 5.75 Å². The number of carbonyl (C=O) groups is 2. The van der Waals surface area contributed by atoms with Crippen LogP contribution in [0.25, 0.3) is 11.0 Å². The Morgan fingerprint density at radius 1 is 1.10 bits per heavy atom. The highest BCUT2D eigenvalue weighted by Crippen LogP contribution is 2.46. The number of ether oxygens (including phenoxy) is 3. The first-order valence-electron chi connectivity index (χ1n) is 9.63. The van der Waals surface area contributed by atoms with Gasteiger partial charge in [0.1, 0.15) is 16.9 Å². The van der Waals surface area contributed by atoms with Crippen LogP contribution in [0.2, 0.25) is 0 Å². The zero-order chi connectivity index (χ0) is 22.8. The Kier molecular flexibility index (Phi) is 6.59. The maximum atomic E-state index is 12.6. The summed E-state index contributed by atoms with van der Waals surface area (Å²) in [5.41, 5.74) is -0.281. The molecule has 2 atom stereocenters. The van der Waals surface area contributed by atoms with Crippen LogP contribution in [-0.4, -0.2) is 29.9 Å². The van der Waals surface area contributed by atoms with Gasteiger partial charge in [-0.3, -0.25) is 0 Å². The Morgan fingerprint density at radius 2 is 1.81 bits per heavy atom. The summed E-state index contributed by atoms with van der Waals surface area (Å²) in [5, 5.41) is 2.21. The van der Waals surface area contributed by atoms with E-state index in [1.165, 1.54) is 30.0 Å². The molecule has 0 spiro atoms. The van der Waals surface area contributed by atoms with Gasteiger partial charge < -0.3 is 18.6 Å². The Balaban J connectivity index is 2.18. The quantitative estimate of drug-likeness (QED) is 0.383. The second-order valence-corrected chi connectivity index (χ2v) is 8.57. The van der Waals surface area contributed by atoms with Crippen molar-refractivity contribution in [3.63, 3.8) is 0 Å². The summed E-state index contributed by atoms with van der Waals surface area (Å²) in [7, 11) is 0. The number of thioether (sulfide) groups is 1. The minimum absolute atomic E-state index is 0.219. The van der Waals surface area contributed by atoms with Crippen LogP contribution in [0.1, 0.15) is 39.4 Å². The third-order valence-corrected chi connectivity index (χ3v) is 5.05. The first-order chi connectivity index (χ1) is 14.6. The molecule has 0 radical (unpaired) electrons. The molecular weight excluding hydrogens is 420 g/mol. The number of fused-ring (bicyclic) bond motifs is 3. The predicted octanol–water partition coefficient (Wildman–Crippen LogP) is 4.30. The van der Waals surface area contributed by atoms with Gasteiger partial charge in [-0.2, -0.15) is 0 Å². The summed E-state index contributed by atoms with van der Waals surface area (Å²) in [6.07, 6.45) is 2.39. The Labute approximate surface area is 184 Å². The molecule has 1 aromatic heterocycles. The lowest BCUT2D eigenvalue weighted by Crippen LogP contribution is -2.52. The average Bonchev–Trinajstić information content (AvgIpc) is 2.67. The fraction of sp³-hybridized carbons (Fsp3) is 0.348. The molecule has 1 aliphatic heterocycles. The van der Waals surface area contributed by atoms with Crippen LogP contribution >= 0.6 is 11.8 Å². The van der Waals surface area contributed by atoms with Crippen molar-refractivity contribution in [1.82, 2.24) is 0 Å². The number of rotatable bonds is 5. The molecule has 1 aliphatic rings. The second kappa shape index (κ2) is 9.01. The number of benzene rings is 1. The maximum Gasteiger partial charge on any atom is 0.336 e. The molecule has 1 aromatic carbocycles. The molecule has 0 bridgehead atoms. The lowest BCUT2D eigenvalue weighted by atomic mass is 9.87. The summed E-state index contributed by atoms with van der Waals surface area (Å²) in [5.74, 6) is -0.831. The van der Waals surface area contributed by atoms with Gasteiger partial charge in [0.05, 0.1) is 5.56 Å². The zero-order valence-electron chi connectivity index (χ0n) is 18.0. The molecule has 31 heavy (non-hydrogen) atoms. The van der Waals surface area contributed by atoms with Crippen molar-refractivity contribution in [3.05, 3.63) is 63.4 Å². The van der Waals surface area contributed by atoms with Crippen LogP contribution < -0.4 is 10.4 Å². The van der Waals surface area contributed by atoms with Crippen molar-refractivity contribution in [1.29, 1.82) is 0 Å². The summed E-state index contributed by atoms with van der Waals surface area (Å²) >= 11 is 1.35. The van der Waals surface area contributed by atoms with Crippen molar-refractivity contribution >= 4 is 34.7 Å². The fourth-order valence-corrected chi connectivity index (χ4v) is 3.61. The molecule has 7 nitrogen and oxygen atoms in total. The van der Waals surface area contributed by atoms with E-state index >= 15 is 0 Å². The molecule has 0 fully saturated rings. The maximum absolute atomic E-state index is 12.6. The Bertz CT molecular complexity index is 1120. The van der Waals surface area contributed by atoms with E-state index in [4.69, 9.17) is 18.6 Å². The summed E-state index contributed by atoms with van der Waals surface area (Å²) in [6.45, 7) is 7.00. The molecule has 0 amide bonds. The van der Waals surface area contributed by atoms with Crippen LogP contribution in [-0.2, 0) is 19.1 Å². The smallest absolute Gasteiger partial charge is 0.336 e. The SMILES string of the molecule is CSC=CC(=O)OC1C(OC(=O)C=C(C)C)c2c(ccc3ccc(=O)oc23)OC1(C)C. The second-order valence-electron chi connectivity index (χ2n) is 7.83. The van der Waals surface area contributed by atoms with Crippen LogP contribution in [0.4, 0.5) is 0 Å². The van der Waals surface area contributed by atoms with E-state index in [1.54, 1.807) is 51.3 Å². The van der Waals surface area contributed by atoms with Gasteiger partial charge in [0.25, 0.3) is 0 Å².